The Labute approximate surface area is 150 Å². The summed E-state index contributed by atoms with van der Waals surface area (Å²) in [6.45, 7) is 1.87. The summed E-state index contributed by atoms with van der Waals surface area (Å²) in [5, 5.41) is 4.39. The number of rotatable bonds is 3. The first-order chi connectivity index (χ1) is 12.5. The molecule has 3 heterocycles. The van der Waals surface area contributed by atoms with Gasteiger partial charge in [-0.1, -0.05) is 18.2 Å². The van der Waals surface area contributed by atoms with Crippen LogP contribution in [0.4, 0.5) is 0 Å². The number of aromatic nitrogens is 3. The number of esters is 1. The van der Waals surface area contributed by atoms with Gasteiger partial charge in [-0.15, -0.1) is 0 Å². The minimum atomic E-state index is -3.60. The van der Waals surface area contributed by atoms with Gasteiger partial charge in [0.2, 0.25) is 0 Å². The summed E-state index contributed by atoms with van der Waals surface area (Å²) in [6.07, 6.45) is 2.93. The molecule has 1 aliphatic rings. The van der Waals surface area contributed by atoms with E-state index in [1.54, 1.807) is 11.6 Å². The number of carbonyl (C=O) groups is 1. The van der Waals surface area contributed by atoms with Gasteiger partial charge in [-0.2, -0.15) is 5.10 Å². The molecule has 0 saturated heterocycles. The van der Waals surface area contributed by atoms with E-state index in [-0.39, 0.29) is 22.9 Å². The monoisotopic (exact) mass is 369 g/mol. The average molecular weight is 369 g/mol. The maximum Gasteiger partial charge on any atom is 0.359 e. The highest BCUT2D eigenvalue weighted by Gasteiger charge is 2.36. The number of benzene rings is 1. The molecule has 132 valence electrons. The fourth-order valence-electron chi connectivity index (χ4n) is 3.08. The Balaban J connectivity index is 2.05. The predicted molar refractivity (Wildman–Crippen MR) is 93.6 cm³/mol. The van der Waals surface area contributed by atoms with Crippen molar-refractivity contribution in [2.24, 2.45) is 0 Å². The fraction of sp³-hybridized carbons (Fsp3) is 0.167. The van der Waals surface area contributed by atoms with Crippen LogP contribution in [0.15, 0.2) is 53.7 Å². The van der Waals surface area contributed by atoms with Crippen molar-refractivity contribution in [3.63, 3.8) is 0 Å². The van der Waals surface area contributed by atoms with Crippen molar-refractivity contribution in [1.82, 2.24) is 14.8 Å². The molecule has 26 heavy (non-hydrogen) atoms. The van der Waals surface area contributed by atoms with Gasteiger partial charge in [-0.25, -0.2) is 17.9 Å². The molecule has 0 unspecified atom stereocenters. The molecule has 0 aliphatic carbocycles. The second kappa shape index (κ2) is 6.06. The van der Waals surface area contributed by atoms with Crippen LogP contribution in [0, 0.1) is 0 Å². The zero-order valence-electron chi connectivity index (χ0n) is 13.9. The molecule has 0 radical (unpaired) electrons. The third-order valence-corrected chi connectivity index (χ3v) is 5.85. The van der Waals surface area contributed by atoms with Crippen LogP contribution < -0.4 is 0 Å². The molecule has 8 heteroatoms. The number of carbonyl (C=O) groups excluding carboxylic acids is 1. The van der Waals surface area contributed by atoms with E-state index in [0.717, 1.165) is 0 Å². The predicted octanol–water partition coefficient (Wildman–Crippen LogP) is 2.40. The Morgan fingerprint density at radius 3 is 2.73 bits per heavy atom. The van der Waals surface area contributed by atoms with E-state index in [2.05, 4.69) is 10.1 Å². The summed E-state index contributed by atoms with van der Waals surface area (Å²) in [4.78, 5) is 16.6. The molecule has 7 nitrogen and oxygen atoms in total. The van der Waals surface area contributed by atoms with Crippen molar-refractivity contribution < 1.29 is 17.9 Å². The highest BCUT2D eigenvalue weighted by Crippen LogP contribution is 2.40. The molecule has 0 fully saturated rings. The van der Waals surface area contributed by atoms with E-state index < -0.39 is 15.8 Å². The highest BCUT2D eigenvalue weighted by atomic mass is 32.2. The number of hydrogen-bond donors (Lipinski definition) is 0. The lowest BCUT2D eigenvalue weighted by Gasteiger charge is -2.18. The summed E-state index contributed by atoms with van der Waals surface area (Å²) >= 11 is 0. The summed E-state index contributed by atoms with van der Waals surface area (Å²) in [6, 6.07) is 10.7. The van der Waals surface area contributed by atoms with Crippen LogP contribution in [-0.2, 0) is 20.3 Å². The number of para-hydroxylation sites is 1. The van der Waals surface area contributed by atoms with Gasteiger partial charge in [0.05, 0.1) is 28.6 Å². The lowest BCUT2D eigenvalue weighted by atomic mass is 10.1. The van der Waals surface area contributed by atoms with Gasteiger partial charge in [0.1, 0.15) is 0 Å². The molecule has 0 N–H and O–H groups in total. The molecule has 0 amide bonds. The zero-order valence-corrected chi connectivity index (χ0v) is 14.7. The average Bonchev–Trinajstić information content (AvgIpc) is 3.01. The third kappa shape index (κ3) is 2.50. The molecule has 4 rings (SSSR count). The Morgan fingerprint density at radius 2 is 2.00 bits per heavy atom. The lowest BCUT2D eigenvalue weighted by Crippen LogP contribution is -2.16. The highest BCUT2D eigenvalue weighted by molar-refractivity contribution is 7.90. The van der Waals surface area contributed by atoms with E-state index in [1.165, 1.54) is 18.5 Å². The first kappa shape index (κ1) is 16.5. The Hall–Kier alpha value is -3.00. The van der Waals surface area contributed by atoms with Gasteiger partial charge >= 0.3 is 5.97 Å². The second-order valence-electron chi connectivity index (χ2n) is 5.77. The first-order valence-corrected chi connectivity index (χ1v) is 9.69. The molecule has 1 aliphatic heterocycles. The molecule has 0 bridgehead atoms. The van der Waals surface area contributed by atoms with Crippen molar-refractivity contribution in [1.29, 1.82) is 0 Å². The van der Waals surface area contributed by atoms with Crippen molar-refractivity contribution in [2.45, 2.75) is 17.6 Å². The standard InChI is InChI=1S/C18H15N3O4S/c1-2-25-18(22)16-14-11-26(23,24)15-8-9-19-10-13(15)17(14)21(20-16)12-6-4-3-5-7-12/h3-10H,2,11H2,1H3. The van der Waals surface area contributed by atoms with Gasteiger partial charge in [0, 0.05) is 23.5 Å². The lowest BCUT2D eigenvalue weighted by molar-refractivity contribution is 0.0518. The summed E-state index contributed by atoms with van der Waals surface area (Å²) in [5.74, 6) is -0.943. The summed E-state index contributed by atoms with van der Waals surface area (Å²) < 4.78 is 32.0. The van der Waals surface area contributed by atoms with Crippen LogP contribution in [0.25, 0.3) is 16.9 Å². The molecule has 1 aromatic carbocycles. The molecule has 0 spiro atoms. The quantitative estimate of drug-likeness (QED) is 0.659. The normalized spacial score (nSPS) is 14.3. The van der Waals surface area contributed by atoms with Gasteiger partial charge in [-0.05, 0) is 25.1 Å². The molecule has 2 aromatic heterocycles. The second-order valence-corrected chi connectivity index (χ2v) is 7.73. The minimum absolute atomic E-state index is 0.0174. The Bertz CT molecular complexity index is 1100. The number of fused-ring (bicyclic) bond motifs is 3. The van der Waals surface area contributed by atoms with Crippen LogP contribution in [0.3, 0.4) is 0 Å². The molecule has 0 atom stereocenters. The van der Waals surface area contributed by atoms with Crippen LogP contribution in [0.2, 0.25) is 0 Å². The van der Waals surface area contributed by atoms with E-state index in [1.807, 2.05) is 30.3 Å². The van der Waals surface area contributed by atoms with Crippen LogP contribution >= 0.6 is 0 Å². The smallest absolute Gasteiger partial charge is 0.359 e. The topological polar surface area (TPSA) is 91.1 Å². The Kier molecular flexibility index (Phi) is 3.84. The largest absolute Gasteiger partial charge is 0.461 e. The molecule has 0 saturated carbocycles. The zero-order chi connectivity index (χ0) is 18.3. The first-order valence-electron chi connectivity index (χ1n) is 8.04. The molecule has 3 aromatic rings. The van der Waals surface area contributed by atoms with Gasteiger partial charge in [0.15, 0.2) is 15.5 Å². The van der Waals surface area contributed by atoms with Crippen molar-refractivity contribution >= 4 is 15.8 Å². The van der Waals surface area contributed by atoms with Gasteiger partial charge < -0.3 is 4.74 Å². The maximum absolute atomic E-state index is 12.7. The van der Waals surface area contributed by atoms with E-state index in [4.69, 9.17) is 4.74 Å². The molecular weight excluding hydrogens is 354 g/mol. The van der Waals surface area contributed by atoms with E-state index in [9.17, 15) is 13.2 Å². The van der Waals surface area contributed by atoms with Crippen LogP contribution in [-0.4, -0.2) is 35.8 Å². The van der Waals surface area contributed by atoms with Crippen molar-refractivity contribution in [2.75, 3.05) is 6.61 Å². The number of hydrogen-bond acceptors (Lipinski definition) is 6. The third-order valence-electron chi connectivity index (χ3n) is 4.16. The van der Waals surface area contributed by atoms with Crippen LogP contribution in [0.5, 0.6) is 0 Å². The van der Waals surface area contributed by atoms with Gasteiger partial charge in [-0.3, -0.25) is 4.98 Å². The summed E-state index contributed by atoms with van der Waals surface area (Å²) in [5.41, 5.74) is 2.06. The van der Waals surface area contributed by atoms with E-state index in [0.29, 0.717) is 22.5 Å². The number of nitrogens with zero attached hydrogens (tertiary/aromatic N) is 3. The number of pyridine rings is 1. The SMILES string of the molecule is CCOC(=O)c1nn(-c2ccccc2)c2c1CS(=O)(=O)c1ccncc1-2. The van der Waals surface area contributed by atoms with Crippen molar-refractivity contribution in [3.8, 4) is 16.9 Å². The van der Waals surface area contributed by atoms with E-state index >= 15 is 0 Å². The summed E-state index contributed by atoms with van der Waals surface area (Å²) in [7, 11) is -3.60. The molecular formula is C18H15N3O4S. The fourth-order valence-corrected chi connectivity index (χ4v) is 4.64. The maximum atomic E-state index is 12.7. The van der Waals surface area contributed by atoms with Crippen LogP contribution in [0.1, 0.15) is 23.0 Å². The number of ether oxygens (including phenoxy) is 1. The Morgan fingerprint density at radius 1 is 1.23 bits per heavy atom. The van der Waals surface area contributed by atoms with Crippen molar-refractivity contribution in [3.05, 3.63) is 60.0 Å². The number of sulfone groups is 1. The van der Waals surface area contributed by atoms with Gasteiger partial charge in [0.25, 0.3) is 0 Å². The minimum Gasteiger partial charge on any atom is -0.461 e.